The van der Waals surface area contributed by atoms with E-state index in [4.69, 9.17) is 5.73 Å². The first-order valence-corrected chi connectivity index (χ1v) is 10.1. The number of carbonyl (C=O) groups is 1. The standard InChI is InChI=1S/C25H23N3O2.2ClH/c1-15-10-11-19(20-9-4-12-27-24(15)20)17-5-2-7-18-16(17)6-3-8-21(18)25(30)28-13-22(26)23(29)14-28;;/h2-12,22-23,29H,13-14,26H2,1H3;2*1H/t22-,23-;;/m1../s1. The number of carbonyl (C=O) groups excluding carboxylic acids is 1. The number of halogens is 2. The topological polar surface area (TPSA) is 79.5 Å². The van der Waals surface area contributed by atoms with Crippen molar-refractivity contribution in [2.45, 2.75) is 19.1 Å². The van der Waals surface area contributed by atoms with Crippen LogP contribution < -0.4 is 5.73 Å². The van der Waals surface area contributed by atoms with Gasteiger partial charge in [0.15, 0.2) is 0 Å². The van der Waals surface area contributed by atoms with E-state index in [-0.39, 0.29) is 37.3 Å². The largest absolute Gasteiger partial charge is 0.390 e. The molecule has 7 heteroatoms. The van der Waals surface area contributed by atoms with Crippen molar-refractivity contribution in [3.05, 3.63) is 78.0 Å². The van der Waals surface area contributed by atoms with E-state index in [9.17, 15) is 9.90 Å². The molecule has 0 spiro atoms. The van der Waals surface area contributed by atoms with E-state index in [1.807, 2.05) is 42.6 Å². The van der Waals surface area contributed by atoms with Crippen molar-refractivity contribution in [1.82, 2.24) is 9.88 Å². The van der Waals surface area contributed by atoms with Gasteiger partial charge in [-0.05, 0) is 46.5 Å². The number of aryl methyl sites for hydroxylation is 1. The minimum atomic E-state index is -0.675. The quantitative estimate of drug-likeness (QED) is 0.457. The number of nitrogens with two attached hydrogens (primary N) is 1. The number of β-amino-alcohol motifs (C(OH)–C–C–N with tert-alkyl or cyclic N) is 1. The lowest BCUT2D eigenvalue weighted by Gasteiger charge is -2.18. The van der Waals surface area contributed by atoms with Crippen LogP contribution >= 0.6 is 24.8 Å². The van der Waals surface area contributed by atoms with Gasteiger partial charge in [-0.25, -0.2) is 0 Å². The van der Waals surface area contributed by atoms with Crippen LogP contribution in [0.5, 0.6) is 0 Å². The van der Waals surface area contributed by atoms with Crippen LogP contribution in [0.3, 0.4) is 0 Å². The maximum absolute atomic E-state index is 13.2. The Morgan fingerprint density at radius 3 is 2.38 bits per heavy atom. The first-order chi connectivity index (χ1) is 14.5. The average Bonchev–Trinajstić information content (AvgIpc) is 3.11. The summed E-state index contributed by atoms with van der Waals surface area (Å²) in [6.45, 7) is 2.70. The molecule has 5 nitrogen and oxygen atoms in total. The zero-order chi connectivity index (χ0) is 20.8. The summed E-state index contributed by atoms with van der Waals surface area (Å²) in [7, 11) is 0. The molecule has 1 fully saturated rings. The second-order valence-electron chi connectivity index (χ2n) is 7.98. The summed E-state index contributed by atoms with van der Waals surface area (Å²) < 4.78 is 0. The molecule has 3 aromatic carbocycles. The Bertz CT molecular complexity index is 1280. The van der Waals surface area contributed by atoms with Gasteiger partial charge < -0.3 is 15.7 Å². The molecule has 32 heavy (non-hydrogen) atoms. The molecule has 0 radical (unpaired) electrons. The number of amides is 1. The van der Waals surface area contributed by atoms with Crippen LogP contribution in [0.1, 0.15) is 15.9 Å². The fraction of sp³-hybridized carbons (Fsp3) is 0.200. The van der Waals surface area contributed by atoms with E-state index in [0.717, 1.165) is 38.4 Å². The molecule has 1 aliphatic heterocycles. The number of aromatic nitrogens is 1. The van der Waals surface area contributed by atoms with Crippen molar-refractivity contribution in [2.75, 3.05) is 13.1 Å². The Morgan fingerprint density at radius 2 is 1.62 bits per heavy atom. The predicted molar refractivity (Wildman–Crippen MR) is 134 cm³/mol. The molecule has 166 valence electrons. The van der Waals surface area contributed by atoms with Gasteiger partial charge in [-0.15, -0.1) is 24.8 Å². The number of hydrogen-bond acceptors (Lipinski definition) is 4. The highest BCUT2D eigenvalue weighted by molar-refractivity contribution is 6.12. The second-order valence-corrected chi connectivity index (χ2v) is 7.98. The molecule has 0 saturated carbocycles. The molecule has 2 heterocycles. The Hall–Kier alpha value is -2.70. The second kappa shape index (κ2) is 9.43. The van der Waals surface area contributed by atoms with E-state index < -0.39 is 12.1 Å². The average molecular weight is 470 g/mol. The number of hydrogen-bond donors (Lipinski definition) is 2. The summed E-state index contributed by atoms with van der Waals surface area (Å²) in [6, 6.07) is 19.7. The third-order valence-corrected chi connectivity index (χ3v) is 6.03. The Kier molecular flexibility index (Phi) is 7.06. The minimum absolute atomic E-state index is 0. The van der Waals surface area contributed by atoms with E-state index >= 15 is 0 Å². The van der Waals surface area contributed by atoms with Crippen molar-refractivity contribution < 1.29 is 9.90 Å². The molecule has 3 N–H and O–H groups in total. The molecular weight excluding hydrogens is 445 g/mol. The Balaban J connectivity index is 0.00000144. The number of pyridine rings is 1. The monoisotopic (exact) mass is 469 g/mol. The normalized spacial score (nSPS) is 17.8. The SMILES string of the molecule is Cc1ccc(-c2cccc3c(C(=O)N4C[C@@H](N)[C@H](O)C4)cccc23)c2cccnc12.Cl.Cl. The number of aliphatic hydroxyl groups is 1. The van der Waals surface area contributed by atoms with E-state index in [2.05, 4.69) is 36.2 Å². The third-order valence-electron chi connectivity index (χ3n) is 6.03. The summed E-state index contributed by atoms with van der Waals surface area (Å²) in [4.78, 5) is 19.4. The lowest BCUT2D eigenvalue weighted by Crippen LogP contribution is -2.33. The van der Waals surface area contributed by atoms with Gasteiger partial charge >= 0.3 is 0 Å². The highest BCUT2D eigenvalue weighted by Crippen LogP contribution is 2.35. The van der Waals surface area contributed by atoms with Gasteiger partial charge in [0.25, 0.3) is 5.91 Å². The predicted octanol–water partition coefficient (Wildman–Crippen LogP) is 4.35. The van der Waals surface area contributed by atoms with Crippen LogP contribution in [-0.2, 0) is 0 Å². The minimum Gasteiger partial charge on any atom is -0.390 e. The van der Waals surface area contributed by atoms with Crippen LogP contribution in [-0.4, -0.2) is 46.1 Å². The number of likely N-dealkylation sites (tertiary alicyclic amines) is 1. The lowest BCUT2D eigenvalue weighted by molar-refractivity contribution is 0.0767. The number of nitrogens with zero attached hydrogens (tertiary/aromatic N) is 2. The summed E-state index contributed by atoms with van der Waals surface area (Å²) in [5, 5.41) is 13.0. The van der Waals surface area contributed by atoms with E-state index in [0.29, 0.717) is 12.1 Å². The molecule has 1 aliphatic rings. The lowest BCUT2D eigenvalue weighted by atomic mass is 9.92. The smallest absolute Gasteiger partial charge is 0.254 e. The Morgan fingerprint density at radius 1 is 0.938 bits per heavy atom. The molecule has 2 atom stereocenters. The number of aliphatic hydroxyl groups excluding tert-OH is 1. The van der Waals surface area contributed by atoms with Crippen molar-refractivity contribution in [1.29, 1.82) is 0 Å². The van der Waals surface area contributed by atoms with Crippen molar-refractivity contribution in [3.63, 3.8) is 0 Å². The van der Waals surface area contributed by atoms with Crippen molar-refractivity contribution >= 4 is 52.4 Å². The van der Waals surface area contributed by atoms with Crippen LogP contribution in [0, 0.1) is 6.92 Å². The van der Waals surface area contributed by atoms with Gasteiger partial charge in [-0.2, -0.15) is 0 Å². The molecule has 1 saturated heterocycles. The summed E-state index contributed by atoms with van der Waals surface area (Å²) in [5.74, 6) is -0.0971. The third kappa shape index (κ3) is 3.93. The van der Waals surface area contributed by atoms with Crippen LogP contribution in [0.15, 0.2) is 66.9 Å². The molecular formula is C25H25Cl2N3O2. The highest BCUT2D eigenvalue weighted by Gasteiger charge is 2.32. The molecule has 4 aromatic rings. The maximum Gasteiger partial charge on any atom is 0.254 e. The van der Waals surface area contributed by atoms with Gasteiger partial charge in [0.2, 0.25) is 0 Å². The first-order valence-electron chi connectivity index (χ1n) is 10.1. The van der Waals surface area contributed by atoms with Crippen molar-refractivity contribution in [2.24, 2.45) is 5.73 Å². The molecule has 1 aromatic heterocycles. The van der Waals surface area contributed by atoms with Crippen molar-refractivity contribution in [3.8, 4) is 11.1 Å². The zero-order valence-electron chi connectivity index (χ0n) is 17.6. The fourth-order valence-electron chi connectivity index (χ4n) is 4.43. The number of fused-ring (bicyclic) bond motifs is 2. The molecule has 0 bridgehead atoms. The molecule has 0 unspecified atom stereocenters. The van der Waals surface area contributed by atoms with Crippen LogP contribution in [0.2, 0.25) is 0 Å². The maximum atomic E-state index is 13.2. The fourth-order valence-corrected chi connectivity index (χ4v) is 4.43. The van der Waals surface area contributed by atoms with Gasteiger partial charge in [-0.1, -0.05) is 48.5 Å². The molecule has 5 rings (SSSR count). The summed E-state index contributed by atoms with van der Waals surface area (Å²) in [6.07, 6.45) is 1.14. The van der Waals surface area contributed by atoms with Crippen LogP contribution in [0.25, 0.3) is 32.8 Å². The van der Waals surface area contributed by atoms with E-state index in [1.54, 1.807) is 4.90 Å². The molecule has 0 aliphatic carbocycles. The summed E-state index contributed by atoms with van der Waals surface area (Å²) >= 11 is 0. The number of rotatable bonds is 2. The van der Waals surface area contributed by atoms with E-state index in [1.165, 1.54) is 0 Å². The van der Waals surface area contributed by atoms with Gasteiger partial charge in [0.05, 0.1) is 11.6 Å². The summed E-state index contributed by atoms with van der Waals surface area (Å²) in [5.41, 5.74) is 10.8. The molecule has 1 amide bonds. The first kappa shape index (κ1) is 24.0. The Labute approximate surface area is 199 Å². The van der Waals surface area contributed by atoms with Gasteiger partial charge in [0.1, 0.15) is 0 Å². The van der Waals surface area contributed by atoms with Gasteiger partial charge in [-0.3, -0.25) is 9.78 Å². The number of benzene rings is 3. The van der Waals surface area contributed by atoms with Gasteiger partial charge in [0, 0.05) is 36.3 Å². The zero-order valence-corrected chi connectivity index (χ0v) is 19.2. The van der Waals surface area contributed by atoms with Crippen LogP contribution in [0.4, 0.5) is 0 Å². The highest BCUT2D eigenvalue weighted by atomic mass is 35.5.